The van der Waals surface area contributed by atoms with Crippen LogP contribution in [-0.2, 0) is 21.2 Å². The summed E-state index contributed by atoms with van der Waals surface area (Å²) < 4.78 is 27.3. The van der Waals surface area contributed by atoms with Gasteiger partial charge in [-0.05, 0) is 47.6 Å². The van der Waals surface area contributed by atoms with Crippen LogP contribution in [0.3, 0.4) is 0 Å². The molecule has 1 aromatic heterocycles. The average Bonchev–Trinajstić information content (AvgIpc) is 3.32. The van der Waals surface area contributed by atoms with Crippen molar-refractivity contribution < 1.29 is 13.2 Å². The molecule has 0 saturated carbocycles. The molecule has 2 aromatic carbocycles. The van der Waals surface area contributed by atoms with Crippen LogP contribution >= 0.6 is 11.3 Å². The van der Waals surface area contributed by atoms with Crippen LogP contribution in [0.5, 0.6) is 0 Å². The molecule has 0 spiro atoms. The van der Waals surface area contributed by atoms with E-state index < -0.39 is 10.0 Å². The molecular formula is C27H28N2O3S2. The summed E-state index contributed by atoms with van der Waals surface area (Å²) in [6, 6.07) is 19.2. The van der Waals surface area contributed by atoms with Gasteiger partial charge in [0.1, 0.15) is 0 Å². The van der Waals surface area contributed by atoms with Gasteiger partial charge in [-0.3, -0.25) is 4.79 Å². The number of amides is 1. The lowest BCUT2D eigenvalue weighted by atomic mass is 9.92. The molecule has 1 aliphatic heterocycles. The molecule has 5 nitrogen and oxygen atoms in total. The van der Waals surface area contributed by atoms with Crippen molar-refractivity contribution in [2.45, 2.75) is 19.4 Å². The Morgan fingerprint density at radius 1 is 1.15 bits per heavy atom. The number of rotatable bonds is 8. The molecule has 2 heterocycles. The van der Waals surface area contributed by atoms with E-state index in [-0.39, 0.29) is 25.0 Å². The quantitative estimate of drug-likeness (QED) is 0.415. The van der Waals surface area contributed by atoms with Gasteiger partial charge in [0.15, 0.2) is 0 Å². The van der Waals surface area contributed by atoms with Crippen molar-refractivity contribution in [1.82, 2.24) is 9.21 Å². The Kier molecular flexibility index (Phi) is 7.46. The molecular weight excluding hydrogens is 464 g/mol. The number of carbonyl (C=O) groups is 1. The molecule has 4 rings (SSSR count). The number of thiophene rings is 1. The van der Waals surface area contributed by atoms with Gasteiger partial charge in [-0.25, -0.2) is 8.42 Å². The summed E-state index contributed by atoms with van der Waals surface area (Å²) in [4.78, 5) is 16.6. The van der Waals surface area contributed by atoms with Crippen LogP contribution in [0.4, 0.5) is 0 Å². The zero-order chi connectivity index (χ0) is 24.1. The first-order valence-electron chi connectivity index (χ1n) is 11.2. The number of hydrogen-bond acceptors (Lipinski definition) is 4. The lowest BCUT2D eigenvalue weighted by Gasteiger charge is -2.37. The molecule has 0 saturated heterocycles. The molecule has 3 aromatic rings. The minimum Gasteiger partial charge on any atom is -0.330 e. The third-order valence-corrected chi connectivity index (χ3v) is 8.39. The zero-order valence-corrected chi connectivity index (χ0v) is 20.8. The third-order valence-electron chi connectivity index (χ3n) is 5.92. The normalized spacial score (nSPS) is 16.1. The summed E-state index contributed by atoms with van der Waals surface area (Å²) in [5, 5.41) is 3.21. The number of carbonyl (C=O) groups excluding carboxylic acids is 1. The minimum atomic E-state index is -3.82. The standard InChI is InChI=1S/C27H28N2O3S2/c1-3-16-28(34(31,32)19-15-22-7-5-4-6-8-22)20-26(30)29-17-13-25-24(14-18-33-25)27(29)23-11-9-21(2)10-12-23/h3-12,14-15,18-19,27H,1,13,16-17,20H2,2H3/b19-15+. The van der Waals surface area contributed by atoms with E-state index in [0.29, 0.717) is 6.54 Å². The van der Waals surface area contributed by atoms with Gasteiger partial charge in [0.25, 0.3) is 0 Å². The Balaban J connectivity index is 1.60. The van der Waals surface area contributed by atoms with Crippen LogP contribution in [0.25, 0.3) is 6.08 Å². The SMILES string of the molecule is C=CCN(CC(=O)N1CCc2sccc2C1c1ccc(C)cc1)S(=O)(=O)/C=C/c1ccccc1. The van der Waals surface area contributed by atoms with Gasteiger partial charge in [0, 0.05) is 23.4 Å². The summed E-state index contributed by atoms with van der Waals surface area (Å²) in [7, 11) is -3.82. The summed E-state index contributed by atoms with van der Waals surface area (Å²) >= 11 is 1.70. The van der Waals surface area contributed by atoms with Crippen LogP contribution in [-0.4, -0.2) is 43.2 Å². The lowest BCUT2D eigenvalue weighted by molar-refractivity contribution is -0.133. The van der Waals surface area contributed by atoms with Crippen LogP contribution in [0, 0.1) is 6.92 Å². The lowest BCUT2D eigenvalue weighted by Crippen LogP contribution is -2.46. The van der Waals surface area contributed by atoms with E-state index in [4.69, 9.17) is 0 Å². The molecule has 0 fully saturated rings. The highest BCUT2D eigenvalue weighted by molar-refractivity contribution is 7.92. The minimum absolute atomic E-state index is 0.0555. The molecule has 0 aliphatic carbocycles. The van der Waals surface area contributed by atoms with Crippen molar-refractivity contribution in [3.05, 3.63) is 111 Å². The molecule has 0 N–H and O–H groups in total. The van der Waals surface area contributed by atoms with Gasteiger partial charge in [-0.15, -0.1) is 17.9 Å². The molecule has 1 unspecified atom stereocenters. The second-order valence-electron chi connectivity index (χ2n) is 8.29. The third kappa shape index (κ3) is 5.38. The first kappa shape index (κ1) is 24.1. The highest BCUT2D eigenvalue weighted by Gasteiger charge is 2.34. The van der Waals surface area contributed by atoms with Crippen LogP contribution in [0.15, 0.2) is 84.1 Å². The second-order valence-corrected chi connectivity index (χ2v) is 11.1. The number of hydrogen-bond donors (Lipinski definition) is 0. The van der Waals surface area contributed by atoms with Crippen molar-refractivity contribution in [2.75, 3.05) is 19.6 Å². The highest BCUT2D eigenvalue weighted by atomic mass is 32.2. The molecule has 0 radical (unpaired) electrons. The maximum atomic E-state index is 13.6. The molecule has 0 bridgehead atoms. The first-order valence-corrected chi connectivity index (χ1v) is 13.5. The van der Waals surface area contributed by atoms with E-state index in [2.05, 4.69) is 18.0 Å². The van der Waals surface area contributed by atoms with E-state index in [9.17, 15) is 13.2 Å². The van der Waals surface area contributed by atoms with Gasteiger partial charge in [0.2, 0.25) is 15.9 Å². The van der Waals surface area contributed by atoms with Crippen molar-refractivity contribution in [2.24, 2.45) is 0 Å². The summed E-state index contributed by atoms with van der Waals surface area (Å²) in [5.74, 6) is -0.221. The van der Waals surface area contributed by atoms with E-state index in [1.54, 1.807) is 17.4 Å². The van der Waals surface area contributed by atoms with E-state index in [0.717, 1.165) is 34.1 Å². The van der Waals surface area contributed by atoms with Crippen LogP contribution in [0.1, 0.15) is 33.2 Å². The van der Waals surface area contributed by atoms with Gasteiger partial charge in [0.05, 0.1) is 12.6 Å². The fraction of sp³-hybridized carbons (Fsp3) is 0.222. The largest absolute Gasteiger partial charge is 0.330 e. The molecule has 176 valence electrons. The topological polar surface area (TPSA) is 57.7 Å². The van der Waals surface area contributed by atoms with Crippen molar-refractivity contribution >= 4 is 33.3 Å². The Hall–Kier alpha value is -3.00. The predicted octanol–water partition coefficient (Wildman–Crippen LogP) is 5.02. The Morgan fingerprint density at radius 3 is 2.59 bits per heavy atom. The summed E-state index contributed by atoms with van der Waals surface area (Å²) in [6.07, 6.45) is 3.82. The number of aryl methyl sites for hydroxylation is 1. The number of nitrogens with zero attached hydrogens (tertiary/aromatic N) is 2. The number of sulfonamides is 1. The Morgan fingerprint density at radius 2 is 1.88 bits per heavy atom. The van der Waals surface area contributed by atoms with Gasteiger partial charge < -0.3 is 4.90 Å². The van der Waals surface area contributed by atoms with Crippen LogP contribution in [0.2, 0.25) is 0 Å². The van der Waals surface area contributed by atoms with Gasteiger partial charge in [-0.2, -0.15) is 4.31 Å². The fourth-order valence-electron chi connectivity index (χ4n) is 4.15. The van der Waals surface area contributed by atoms with Crippen molar-refractivity contribution in [3.8, 4) is 0 Å². The van der Waals surface area contributed by atoms with Gasteiger partial charge >= 0.3 is 0 Å². The predicted molar refractivity (Wildman–Crippen MR) is 139 cm³/mol. The first-order chi connectivity index (χ1) is 16.4. The Labute approximate surface area is 205 Å². The smallest absolute Gasteiger partial charge is 0.238 e. The molecule has 34 heavy (non-hydrogen) atoms. The molecule has 1 atom stereocenters. The summed E-state index contributed by atoms with van der Waals surface area (Å²) in [5.41, 5.74) is 4.07. The molecule has 7 heteroatoms. The number of benzene rings is 2. The van der Waals surface area contributed by atoms with Crippen LogP contribution < -0.4 is 0 Å². The summed E-state index contributed by atoms with van der Waals surface area (Å²) in [6.45, 7) is 6.09. The maximum absolute atomic E-state index is 13.6. The zero-order valence-electron chi connectivity index (χ0n) is 19.1. The monoisotopic (exact) mass is 492 g/mol. The van der Waals surface area contributed by atoms with E-state index >= 15 is 0 Å². The molecule has 1 amide bonds. The van der Waals surface area contributed by atoms with Crippen molar-refractivity contribution in [3.63, 3.8) is 0 Å². The average molecular weight is 493 g/mol. The van der Waals surface area contributed by atoms with Gasteiger partial charge in [-0.1, -0.05) is 66.2 Å². The molecule has 1 aliphatic rings. The maximum Gasteiger partial charge on any atom is 0.238 e. The highest BCUT2D eigenvalue weighted by Crippen LogP contribution is 2.38. The second kappa shape index (κ2) is 10.5. The number of fused-ring (bicyclic) bond motifs is 1. The Bertz CT molecular complexity index is 1280. The van der Waals surface area contributed by atoms with E-state index in [1.807, 2.05) is 66.4 Å². The van der Waals surface area contributed by atoms with Crippen molar-refractivity contribution in [1.29, 1.82) is 0 Å². The fourth-order valence-corrected chi connectivity index (χ4v) is 6.16. The van der Waals surface area contributed by atoms with E-state index in [1.165, 1.54) is 15.3 Å².